The highest BCUT2D eigenvalue weighted by Crippen LogP contribution is 2.36. The summed E-state index contributed by atoms with van der Waals surface area (Å²) in [6, 6.07) is 14.7. The predicted molar refractivity (Wildman–Crippen MR) is 160 cm³/mol. The first-order chi connectivity index (χ1) is 20.6. The number of nitrogens with zero attached hydrogens (tertiary/aromatic N) is 2. The van der Waals surface area contributed by atoms with Crippen molar-refractivity contribution in [3.05, 3.63) is 70.8 Å². The molecule has 1 unspecified atom stereocenters. The van der Waals surface area contributed by atoms with Crippen LogP contribution in [0.2, 0.25) is 0 Å². The second-order valence-electron chi connectivity index (χ2n) is 11.7. The van der Waals surface area contributed by atoms with Crippen LogP contribution in [0.15, 0.2) is 48.5 Å². The molecule has 0 spiro atoms. The molecule has 2 aliphatic rings. The number of carbonyl (C=O) groups excluding carboxylic acids is 3. The molecule has 3 amide bonds. The fraction of sp³-hybridized carbons (Fsp3) is 0.485. The first-order valence-corrected chi connectivity index (χ1v) is 14.6. The van der Waals surface area contributed by atoms with Crippen molar-refractivity contribution in [2.45, 2.75) is 77.5 Å². The van der Waals surface area contributed by atoms with Crippen molar-refractivity contribution < 1.29 is 33.7 Å². The molecule has 2 aromatic rings. The zero-order valence-corrected chi connectivity index (χ0v) is 25.3. The molecule has 2 N–H and O–H groups in total. The van der Waals surface area contributed by atoms with E-state index in [0.29, 0.717) is 17.7 Å². The van der Waals surface area contributed by atoms with E-state index in [2.05, 4.69) is 17.2 Å². The van der Waals surface area contributed by atoms with Crippen LogP contribution in [0.1, 0.15) is 68.8 Å². The van der Waals surface area contributed by atoms with Crippen LogP contribution in [0.5, 0.6) is 0 Å². The number of amides is 3. The van der Waals surface area contributed by atoms with Crippen molar-refractivity contribution in [2.75, 3.05) is 26.2 Å². The van der Waals surface area contributed by atoms with Crippen LogP contribution >= 0.6 is 0 Å². The summed E-state index contributed by atoms with van der Waals surface area (Å²) in [5.41, 5.74) is 2.36. The number of aliphatic hydroxyl groups excluding tert-OH is 1. The zero-order valence-electron chi connectivity index (χ0n) is 25.3. The van der Waals surface area contributed by atoms with E-state index >= 15 is 0 Å². The van der Waals surface area contributed by atoms with Crippen LogP contribution < -0.4 is 5.32 Å². The summed E-state index contributed by atoms with van der Waals surface area (Å²) in [6.07, 6.45) is -0.0241. The standard InChI is InChI=1S/C33H41N3O7/c1-23(36(28-14-15-28)30(38)29-20-35(17-18-41-29)32(40)43-33(2,3)4)25-12-13-27(21-37)26(19-25)11-8-16-34-31(39)42-22-24-9-6-5-7-10-24/h5-7,9-10,12-13,19,23,28-29,37H,14-18,20-22H2,1-4H3,(H,34,39)/t23?,29-/m1/s1. The molecule has 1 aliphatic heterocycles. The molecule has 1 saturated carbocycles. The van der Waals surface area contributed by atoms with E-state index < -0.39 is 23.9 Å². The highest BCUT2D eigenvalue weighted by atomic mass is 16.6. The maximum atomic E-state index is 13.8. The van der Waals surface area contributed by atoms with Gasteiger partial charge in [0.2, 0.25) is 0 Å². The highest BCUT2D eigenvalue weighted by Gasteiger charge is 2.42. The van der Waals surface area contributed by atoms with Gasteiger partial charge in [0.1, 0.15) is 12.2 Å². The van der Waals surface area contributed by atoms with Gasteiger partial charge >= 0.3 is 12.2 Å². The third-order valence-corrected chi connectivity index (χ3v) is 7.15. The first-order valence-electron chi connectivity index (χ1n) is 14.6. The fourth-order valence-electron chi connectivity index (χ4n) is 4.80. The van der Waals surface area contributed by atoms with Gasteiger partial charge in [-0.15, -0.1) is 0 Å². The molecule has 230 valence electrons. The van der Waals surface area contributed by atoms with Gasteiger partial charge in [-0.2, -0.15) is 0 Å². The van der Waals surface area contributed by atoms with Gasteiger partial charge in [-0.1, -0.05) is 54.3 Å². The van der Waals surface area contributed by atoms with Crippen LogP contribution in [0.3, 0.4) is 0 Å². The van der Waals surface area contributed by atoms with Gasteiger partial charge in [0.05, 0.1) is 32.3 Å². The Kier molecular flexibility index (Phi) is 10.7. The average Bonchev–Trinajstić information content (AvgIpc) is 3.83. The Morgan fingerprint density at radius 1 is 1.16 bits per heavy atom. The Hall–Kier alpha value is -4.07. The van der Waals surface area contributed by atoms with Crippen molar-refractivity contribution in [1.29, 1.82) is 0 Å². The monoisotopic (exact) mass is 591 g/mol. The lowest BCUT2D eigenvalue weighted by Crippen LogP contribution is -2.54. The largest absolute Gasteiger partial charge is 0.445 e. The van der Waals surface area contributed by atoms with E-state index in [4.69, 9.17) is 14.2 Å². The molecule has 1 saturated heterocycles. The molecule has 43 heavy (non-hydrogen) atoms. The SMILES string of the molecule is CC(c1ccc(CO)c(C#CCNC(=O)OCc2ccccc2)c1)N(C(=O)[C@H]1CN(C(=O)OC(C)(C)C)CCO1)C1CC1. The summed E-state index contributed by atoms with van der Waals surface area (Å²) in [5.74, 6) is 5.79. The second kappa shape index (κ2) is 14.4. The number of hydrogen-bond acceptors (Lipinski definition) is 7. The lowest BCUT2D eigenvalue weighted by molar-refractivity contribution is -0.151. The summed E-state index contributed by atoms with van der Waals surface area (Å²) < 4.78 is 16.6. The number of nitrogens with one attached hydrogen (secondary N) is 1. The minimum atomic E-state index is -0.784. The normalized spacial score (nSPS) is 17.2. The summed E-state index contributed by atoms with van der Waals surface area (Å²) in [6.45, 7) is 8.16. The average molecular weight is 592 g/mol. The van der Waals surface area contributed by atoms with Crippen molar-refractivity contribution in [3.8, 4) is 11.8 Å². The van der Waals surface area contributed by atoms with Crippen LogP contribution in [-0.4, -0.2) is 77.0 Å². The van der Waals surface area contributed by atoms with E-state index in [9.17, 15) is 19.5 Å². The van der Waals surface area contributed by atoms with Gasteiger partial charge in [0, 0.05) is 18.2 Å². The molecule has 4 rings (SSSR count). The van der Waals surface area contributed by atoms with Gasteiger partial charge in [0.15, 0.2) is 6.10 Å². The maximum Gasteiger partial charge on any atom is 0.410 e. The number of rotatable bonds is 8. The molecule has 2 fully saturated rings. The molecular formula is C33H41N3O7. The van der Waals surface area contributed by atoms with Crippen molar-refractivity contribution in [1.82, 2.24) is 15.1 Å². The second-order valence-corrected chi connectivity index (χ2v) is 11.7. The molecule has 0 radical (unpaired) electrons. The fourth-order valence-corrected chi connectivity index (χ4v) is 4.80. The zero-order chi connectivity index (χ0) is 31.0. The molecule has 0 bridgehead atoms. The summed E-state index contributed by atoms with van der Waals surface area (Å²) in [7, 11) is 0. The topological polar surface area (TPSA) is 118 Å². The predicted octanol–water partition coefficient (Wildman–Crippen LogP) is 4.14. The smallest absolute Gasteiger partial charge is 0.410 e. The third-order valence-electron chi connectivity index (χ3n) is 7.15. The summed E-state index contributed by atoms with van der Waals surface area (Å²) in [5, 5.41) is 12.5. The number of carbonyl (C=O) groups is 3. The number of alkyl carbamates (subject to hydrolysis) is 1. The Morgan fingerprint density at radius 3 is 2.58 bits per heavy atom. The highest BCUT2D eigenvalue weighted by molar-refractivity contribution is 5.83. The minimum absolute atomic E-state index is 0.0676. The van der Waals surface area contributed by atoms with Gasteiger partial charge in [-0.25, -0.2) is 9.59 Å². The third kappa shape index (κ3) is 9.21. The Bertz CT molecular complexity index is 1340. The number of hydrogen-bond donors (Lipinski definition) is 2. The molecule has 0 aromatic heterocycles. The molecule has 10 nitrogen and oxygen atoms in total. The molecule has 1 heterocycles. The first kappa shape index (κ1) is 31.9. The van der Waals surface area contributed by atoms with E-state index in [1.807, 2.05) is 75.1 Å². The lowest BCUT2D eigenvalue weighted by Gasteiger charge is -2.38. The molecule has 2 atom stereocenters. The van der Waals surface area contributed by atoms with Crippen molar-refractivity contribution in [3.63, 3.8) is 0 Å². The molecule has 10 heteroatoms. The molecule has 2 aromatic carbocycles. The van der Waals surface area contributed by atoms with Crippen LogP contribution in [0.25, 0.3) is 0 Å². The number of morpholine rings is 1. The number of ether oxygens (including phenoxy) is 3. The number of aliphatic hydroxyl groups is 1. The lowest BCUT2D eigenvalue weighted by atomic mass is 9.99. The maximum absolute atomic E-state index is 13.8. The van der Waals surface area contributed by atoms with Gasteiger partial charge in [0.25, 0.3) is 5.91 Å². The van der Waals surface area contributed by atoms with Crippen molar-refractivity contribution >= 4 is 18.1 Å². The van der Waals surface area contributed by atoms with Crippen LogP contribution in [-0.2, 0) is 32.2 Å². The van der Waals surface area contributed by atoms with Gasteiger partial charge in [-0.05, 0) is 63.3 Å². The van der Waals surface area contributed by atoms with E-state index in [1.165, 1.54) is 4.90 Å². The quantitative estimate of drug-likeness (QED) is 0.443. The minimum Gasteiger partial charge on any atom is -0.445 e. The van der Waals surface area contributed by atoms with Crippen LogP contribution in [0, 0.1) is 11.8 Å². The summed E-state index contributed by atoms with van der Waals surface area (Å²) in [4.78, 5) is 41.8. The van der Waals surface area contributed by atoms with Gasteiger partial charge < -0.3 is 34.4 Å². The van der Waals surface area contributed by atoms with E-state index in [1.54, 1.807) is 6.07 Å². The number of benzene rings is 2. The Balaban J connectivity index is 1.40. The molecular weight excluding hydrogens is 550 g/mol. The summed E-state index contributed by atoms with van der Waals surface area (Å²) >= 11 is 0. The van der Waals surface area contributed by atoms with E-state index in [-0.39, 0.29) is 50.9 Å². The van der Waals surface area contributed by atoms with Gasteiger partial charge in [-0.3, -0.25) is 4.79 Å². The Labute approximate surface area is 253 Å². The molecule has 1 aliphatic carbocycles. The Morgan fingerprint density at radius 2 is 1.91 bits per heavy atom. The van der Waals surface area contributed by atoms with Crippen LogP contribution in [0.4, 0.5) is 9.59 Å². The van der Waals surface area contributed by atoms with Crippen molar-refractivity contribution in [2.24, 2.45) is 0 Å². The van der Waals surface area contributed by atoms with E-state index in [0.717, 1.165) is 24.0 Å².